The van der Waals surface area contributed by atoms with Gasteiger partial charge < -0.3 is 16.0 Å². The lowest BCUT2D eigenvalue weighted by Gasteiger charge is -2.35. The molecule has 0 fully saturated rings. The third-order valence-electron chi connectivity index (χ3n) is 4.77. The highest BCUT2D eigenvalue weighted by molar-refractivity contribution is 6.08. The Balaban J connectivity index is 1.95. The van der Waals surface area contributed by atoms with Gasteiger partial charge in [0, 0.05) is 24.7 Å². The summed E-state index contributed by atoms with van der Waals surface area (Å²) in [6.07, 6.45) is 0. The highest BCUT2D eigenvalue weighted by Gasteiger charge is 2.46. The minimum absolute atomic E-state index is 0.0879. The Labute approximate surface area is 147 Å². The van der Waals surface area contributed by atoms with E-state index in [9.17, 15) is 9.59 Å². The van der Waals surface area contributed by atoms with Crippen molar-refractivity contribution in [2.24, 2.45) is 5.73 Å². The van der Waals surface area contributed by atoms with E-state index in [0.717, 1.165) is 16.8 Å². The normalized spacial score (nSPS) is 17.9. The van der Waals surface area contributed by atoms with Gasteiger partial charge in [-0.2, -0.15) is 0 Å². The van der Waals surface area contributed by atoms with Crippen molar-refractivity contribution in [1.29, 1.82) is 0 Å². The second-order valence-corrected chi connectivity index (χ2v) is 6.94. The van der Waals surface area contributed by atoms with E-state index >= 15 is 0 Å². The number of fused-ring (bicyclic) bond motifs is 1. The number of para-hydroxylation sites is 1. The van der Waals surface area contributed by atoms with Crippen LogP contribution in [0.1, 0.15) is 48.3 Å². The average molecular weight is 337 g/mol. The van der Waals surface area contributed by atoms with Crippen molar-refractivity contribution < 1.29 is 9.59 Å². The fraction of sp³-hybridized carbons (Fsp3) is 0.300. The number of anilines is 1. The predicted molar refractivity (Wildman–Crippen MR) is 98.2 cm³/mol. The molecular weight excluding hydrogens is 314 g/mol. The molecule has 0 radical (unpaired) electrons. The van der Waals surface area contributed by atoms with E-state index in [4.69, 9.17) is 5.73 Å². The second-order valence-electron chi connectivity index (χ2n) is 6.94. The standard InChI is InChI=1S/C20H23N3O2/c1-13(24)22-12-14-7-6-8-15(11-14)19(25)23-17-10-5-4-9-16(17)18(21)20(23,2)3/h4-11,18H,12,21H2,1-3H3,(H,22,24). The van der Waals surface area contributed by atoms with E-state index < -0.39 is 5.54 Å². The van der Waals surface area contributed by atoms with Crippen LogP contribution in [0.2, 0.25) is 0 Å². The topological polar surface area (TPSA) is 75.4 Å². The predicted octanol–water partition coefficient (Wildman–Crippen LogP) is 2.76. The molecule has 1 atom stereocenters. The van der Waals surface area contributed by atoms with E-state index in [1.807, 2.05) is 56.3 Å². The number of amides is 2. The van der Waals surface area contributed by atoms with Crippen molar-refractivity contribution in [3.63, 3.8) is 0 Å². The van der Waals surface area contributed by atoms with Crippen LogP contribution in [0, 0.1) is 0 Å². The van der Waals surface area contributed by atoms with Gasteiger partial charge in [0.15, 0.2) is 0 Å². The monoisotopic (exact) mass is 337 g/mol. The van der Waals surface area contributed by atoms with E-state index in [0.29, 0.717) is 12.1 Å². The number of nitrogens with two attached hydrogens (primary N) is 1. The molecule has 0 bridgehead atoms. The maximum atomic E-state index is 13.2. The van der Waals surface area contributed by atoms with Gasteiger partial charge in [0.1, 0.15) is 0 Å². The van der Waals surface area contributed by atoms with Gasteiger partial charge in [-0.1, -0.05) is 30.3 Å². The van der Waals surface area contributed by atoms with Gasteiger partial charge in [0.05, 0.1) is 11.6 Å². The zero-order valence-electron chi connectivity index (χ0n) is 14.7. The number of hydrogen-bond acceptors (Lipinski definition) is 3. The molecule has 130 valence electrons. The molecule has 5 nitrogen and oxygen atoms in total. The number of carbonyl (C=O) groups is 2. The molecule has 2 aromatic rings. The molecule has 0 saturated heterocycles. The van der Waals surface area contributed by atoms with E-state index in [2.05, 4.69) is 5.32 Å². The van der Waals surface area contributed by atoms with Gasteiger partial charge >= 0.3 is 0 Å². The fourth-order valence-electron chi connectivity index (χ4n) is 3.33. The van der Waals surface area contributed by atoms with Crippen molar-refractivity contribution in [3.05, 3.63) is 65.2 Å². The average Bonchev–Trinajstić information content (AvgIpc) is 2.79. The molecular formula is C20H23N3O2. The van der Waals surface area contributed by atoms with Gasteiger partial charge in [-0.05, 0) is 43.2 Å². The number of carbonyl (C=O) groups excluding carboxylic acids is 2. The molecule has 3 N–H and O–H groups in total. The minimum Gasteiger partial charge on any atom is -0.352 e. The van der Waals surface area contributed by atoms with Crippen molar-refractivity contribution in [2.45, 2.75) is 38.9 Å². The van der Waals surface area contributed by atoms with Gasteiger partial charge in [0.25, 0.3) is 5.91 Å². The third-order valence-corrected chi connectivity index (χ3v) is 4.77. The molecule has 5 heteroatoms. The number of nitrogens with one attached hydrogen (secondary N) is 1. The molecule has 0 aromatic heterocycles. The Bertz CT molecular complexity index is 829. The number of rotatable bonds is 3. The van der Waals surface area contributed by atoms with Crippen LogP contribution in [0.4, 0.5) is 5.69 Å². The van der Waals surface area contributed by atoms with Crippen molar-refractivity contribution in [3.8, 4) is 0 Å². The summed E-state index contributed by atoms with van der Waals surface area (Å²) in [7, 11) is 0. The summed E-state index contributed by atoms with van der Waals surface area (Å²) in [5, 5.41) is 2.75. The number of hydrogen-bond donors (Lipinski definition) is 2. The minimum atomic E-state index is -0.519. The largest absolute Gasteiger partial charge is 0.352 e. The van der Waals surface area contributed by atoms with E-state index in [1.54, 1.807) is 11.0 Å². The third kappa shape index (κ3) is 3.03. The van der Waals surface area contributed by atoms with Crippen LogP contribution >= 0.6 is 0 Å². The summed E-state index contributed by atoms with van der Waals surface area (Å²) in [4.78, 5) is 26.1. The summed E-state index contributed by atoms with van der Waals surface area (Å²) in [6, 6.07) is 14.9. The van der Waals surface area contributed by atoms with Crippen LogP contribution in [-0.4, -0.2) is 17.4 Å². The first-order valence-corrected chi connectivity index (χ1v) is 8.35. The Morgan fingerprint density at radius 3 is 2.60 bits per heavy atom. The van der Waals surface area contributed by atoms with Crippen LogP contribution in [-0.2, 0) is 11.3 Å². The maximum Gasteiger partial charge on any atom is 0.258 e. The number of benzene rings is 2. The lowest BCUT2D eigenvalue weighted by Crippen LogP contribution is -2.49. The first kappa shape index (κ1) is 17.2. The first-order chi connectivity index (χ1) is 11.8. The Kier molecular flexibility index (Phi) is 4.35. The molecule has 3 rings (SSSR count). The summed E-state index contributed by atoms with van der Waals surface area (Å²) < 4.78 is 0. The SMILES string of the molecule is CC(=O)NCc1cccc(C(=O)N2c3ccccc3C(N)C2(C)C)c1. The Morgan fingerprint density at radius 1 is 1.16 bits per heavy atom. The highest BCUT2D eigenvalue weighted by atomic mass is 16.2. The molecule has 2 amide bonds. The van der Waals surface area contributed by atoms with Gasteiger partial charge in [-0.25, -0.2) is 0 Å². The second kappa shape index (κ2) is 6.33. The van der Waals surface area contributed by atoms with Gasteiger partial charge in [-0.15, -0.1) is 0 Å². The van der Waals surface area contributed by atoms with Crippen LogP contribution in [0.3, 0.4) is 0 Å². The van der Waals surface area contributed by atoms with Crippen molar-refractivity contribution >= 4 is 17.5 Å². The molecule has 1 aliphatic heterocycles. The van der Waals surface area contributed by atoms with Crippen LogP contribution in [0.5, 0.6) is 0 Å². The Morgan fingerprint density at radius 2 is 1.88 bits per heavy atom. The zero-order chi connectivity index (χ0) is 18.2. The zero-order valence-corrected chi connectivity index (χ0v) is 14.7. The van der Waals surface area contributed by atoms with Crippen molar-refractivity contribution in [1.82, 2.24) is 5.32 Å². The van der Waals surface area contributed by atoms with Crippen LogP contribution < -0.4 is 16.0 Å². The molecule has 1 aliphatic rings. The summed E-state index contributed by atoms with van der Waals surface area (Å²) in [6.45, 7) is 5.84. The maximum absolute atomic E-state index is 13.2. The molecule has 1 unspecified atom stereocenters. The van der Waals surface area contributed by atoms with Crippen LogP contribution in [0.25, 0.3) is 0 Å². The summed E-state index contributed by atoms with van der Waals surface area (Å²) in [5.41, 5.74) is 9.19. The molecule has 0 spiro atoms. The van der Waals surface area contributed by atoms with Gasteiger partial charge in [0.2, 0.25) is 5.91 Å². The van der Waals surface area contributed by atoms with Crippen molar-refractivity contribution in [2.75, 3.05) is 4.90 Å². The number of nitrogens with zero attached hydrogens (tertiary/aromatic N) is 1. The van der Waals surface area contributed by atoms with E-state index in [1.165, 1.54) is 6.92 Å². The molecule has 0 aliphatic carbocycles. The smallest absolute Gasteiger partial charge is 0.258 e. The summed E-state index contributed by atoms with van der Waals surface area (Å²) in [5.74, 6) is -0.188. The first-order valence-electron chi connectivity index (χ1n) is 8.35. The van der Waals surface area contributed by atoms with Crippen LogP contribution in [0.15, 0.2) is 48.5 Å². The van der Waals surface area contributed by atoms with E-state index in [-0.39, 0.29) is 17.9 Å². The lowest BCUT2D eigenvalue weighted by molar-refractivity contribution is -0.119. The quantitative estimate of drug-likeness (QED) is 0.904. The molecule has 0 saturated carbocycles. The summed E-state index contributed by atoms with van der Waals surface area (Å²) >= 11 is 0. The molecule has 1 heterocycles. The molecule has 2 aromatic carbocycles. The highest BCUT2D eigenvalue weighted by Crippen LogP contribution is 2.45. The lowest BCUT2D eigenvalue weighted by atomic mass is 9.93. The van der Waals surface area contributed by atoms with Gasteiger partial charge in [-0.3, -0.25) is 9.59 Å². The fourth-order valence-corrected chi connectivity index (χ4v) is 3.33. The molecule has 25 heavy (non-hydrogen) atoms. The Hall–Kier alpha value is -2.66.